The number of morpholine rings is 1. The van der Waals surface area contributed by atoms with Gasteiger partial charge in [-0.15, -0.1) is 0 Å². The lowest BCUT2D eigenvalue weighted by Crippen LogP contribution is -2.58. The molecule has 0 aromatic carbocycles. The highest BCUT2D eigenvalue weighted by atomic mass is 32.1. The summed E-state index contributed by atoms with van der Waals surface area (Å²) in [7, 11) is 0. The molecule has 23 heavy (non-hydrogen) atoms. The first-order chi connectivity index (χ1) is 11.1. The Balaban J connectivity index is 1.61. The van der Waals surface area contributed by atoms with E-state index >= 15 is 0 Å². The summed E-state index contributed by atoms with van der Waals surface area (Å²) in [5, 5.41) is 3.77. The van der Waals surface area contributed by atoms with Crippen molar-refractivity contribution in [1.82, 2.24) is 9.80 Å². The molecule has 1 spiro atoms. The van der Waals surface area contributed by atoms with Crippen molar-refractivity contribution in [2.24, 2.45) is 0 Å². The fourth-order valence-corrected chi connectivity index (χ4v) is 3.92. The lowest BCUT2D eigenvalue weighted by molar-refractivity contribution is -0.147. The first-order valence-corrected chi connectivity index (χ1v) is 8.87. The van der Waals surface area contributed by atoms with E-state index in [0.29, 0.717) is 45.6 Å². The second-order valence-corrected chi connectivity index (χ2v) is 6.87. The Kier molecular flexibility index (Phi) is 4.96. The average Bonchev–Trinajstić information content (AvgIpc) is 3.09. The molecule has 2 fully saturated rings. The van der Waals surface area contributed by atoms with Crippen molar-refractivity contribution in [3.05, 3.63) is 22.4 Å². The maximum absolute atomic E-state index is 12.5. The highest BCUT2D eigenvalue weighted by Gasteiger charge is 2.41. The number of ether oxygens (including phenoxy) is 1. The molecule has 3 rings (SSSR count). The molecule has 7 heteroatoms. The maximum atomic E-state index is 12.5. The van der Waals surface area contributed by atoms with Gasteiger partial charge in [0.15, 0.2) is 0 Å². The number of alkyl halides is 1. The van der Waals surface area contributed by atoms with Crippen molar-refractivity contribution in [2.45, 2.75) is 24.9 Å². The summed E-state index contributed by atoms with van der Waals surface area (Å²) in [5.41, 5.74) is 0.360. The number of amides is 2. The minimum Gasteiger partial charge on any atom is -0.371 e. The molecule has 0 bridgehead atoms. The van der Waals surface area contributed by atoms with Gasteiger partial charge in [-0.25, -0.2) is 0 Å². The van der Waals surface area contributed by atoms with Crippen LogP contribution in [0.4, 0.5) is 4.39 Å². The molecule has 0 unspecified atom stereocenters. The maximum Gasteiger partial charge on any atom is 0.254 e. The lowest BCUT2D eigenvalue weighted by atomic mass is 9.89. The third-order valence-corrected chi connectivity index (χ3v) is 5.32. The molecule has 5 nitrogen and oxygen atoms in total. The van der Waals surface area contributed by atoms with E-state index in [1.165, 1.54) is 11.3 Å². The van der Waals surface area contributed by atoms with Gasteiger partial charge in [-0.1, -0.05) is 0 Å². The van der Waals surface area contributed by atoms with Gasteiger partial charge < -0.3 is 14.5 Å². The third kappa shape index (κ3) is 3.55. The molecule has 126 valence electrons. The SMILES string of the molecule is O=C(CCF)N1CCC2(CC1)CN(C(=O)c1ccsc1)CCO2. The highest BCUT2D eigenvalue weighted by Crippen LogP contribution is 2.31. The summed E-state index contributed by atoms with van der Waals surface area (Å²) in [6.45, 7) is 2.21. The van der Waals surface area contributed by atoms with Gasteiger partial charge in [0.2, 0.25) is 5.91 Å². The van der Waals surface area contributed by atoms with E-state index in [1.54, 1.807) is 4.90 Å². The predicted octanol–water partition coefficient (Wildman–Crippen LogP) is 1.94. The number of carbonyl (C=O) groups excluding carboxylic acids is 2. The van der Waals surface area contributed by atoms with Crippen LogP contribution in [0, 0.1) is 0 Å². The monoisotopic (exact) mass is 340 g/mol. The first-order valence-electron chi connectivity index (χ1n) is 7.93. The third-order valence-electron chi connectivity index (χ3n) is 4.64. The molecule has 2 saturated heterocycles. The zero-order chi connectivity index (χ0) is 16.3. The standard InChI is InChI=1S/C16H21FN2O3S/c17-5-1-14(20)18-6-3-16(4-7-18)12-19(8-9-22-16)15(21)13-2-10-23-11-13/h2,10-11H,1,3-9,12H2. The normalized spacial score (nSPS) is 20.7. The van der Waals surface area contributed by atoms with Gasteiger partial charge in [0.25, 0.3) is 5.91 Å². The number of thiophene rings is 1. The van der Waals surface area contributed by atoms with Gasteiger partial charge in [-0.05, 0) is 24.3 Å². The fraction of sp³-hybridized carbons (Fsp3) is 0.625. The molecule has 0 N–H and O–H groups in total. The summed E-state index contributed by atoms with van der Waals surface area (Å²) < 4.78 is 18.3. The van der Waals surface area contributed by atoms with Crippen LogP contribution in [0.2, 0.25) is 0 Å². The van der Waals surface area contributed by atoms with E-state index in [1.807, 2.05) is 21.7 Å². The molecule has 2 aliphatic heterocycles. The minimum atomic E-state index is -0.611. The van der Waals surface area contributed by atoms with E-state index in [4.69, 9.17) is 4.74 Å². The summed E-state index contributed by atoms with van der Waals surface area (Å²) in [4.78, 5) is 27.8. The van der Waals surface area contributed by atoms with Crippen LogP contribution in [-0.2, 0) is 9.53 Å². The Labute approximate surface area is 139 Å². The zero-order valence-corrected chi connectivity index (χ0v) is 13.8. The number of hydrogen-bond donors (Lipinski definition) is 0. The lowest BCUT2D eigenvalue weighted by Gasteiger charge is -2.47. The molecule has 3 heterocycles. The summed E-state index contributed by atoms with van der Waals surface area (Å²) in [6, 6.07) is 1.84. The molecule has 0 aliphatic carbocycles. The van der Waals surface area contributed by atoms with Gasteiger partial charge >= 0.3 is 0 Å². The second kappa shape index (κ2) is 6.97. The van der Waals surface area contributed by atoms with Gasteiger partial charge in [-0.3, -0.25) is 14.0 Å². The Morgan fingerprint density at radius 3 is 2.70 bits per heavy atom. The zero-order valence-electron chi connectivity index (χ0n) is 13.0. The van der Waals surface area contributed by atoms with Crippen molar-refractivity contribution in [1.29, 1.82) is 0 Å². The fourth-order valence-electron chi connectivity index (χ4n) is 3.29. The van der Waals surface area contributed by atoms with E-state index in [2.05, 4.69) is 0 Å². The number of carbonyl (C=O) groups is 2. The van der Waals surface area contributed by atoms with Crippen LogP contribution in [0.15, 0.2) is 16.8 Å². The molecule has 1 aromatic rings. The number of halogens is 1. The van der Waals surface area contributed by atoms with Gasteiger partial charge in [0.1, 0.15) is 0 Å². The van der Waals surface area contributed by atoms with Crippen LogP contribution < -0.4 is 0 Å². The van der Waals surface area contributed by atoms with Gasteiger partial charge in [0.05, 0.1) is 37.4 Å². The van der Waals surface area contributed by atoms with Crippen molar-refractivity contribution in [3.8, 4) is 0 Å². The van der Waals surface area contributed by atoms with Crippen molar-refractivity contribution >= 4 is 23.2 Å². The number of hydrogen-bond acceptors (Lipinski definition) is 4. The number of piperidine rings is 1. The molecule has 0 atom stereocenters. The van der Waals surface area contributed by atoms with Gasteiger partial charge in [0, 0.05) is 25.0 Å². The highest BCUT2D eigenvalue weighted by molar-refractivity contribution is 7.08. The first kappa shape index (κ1) is 16.4. The molecular weight excluding hydrogens is 319 g/mol. The van der Waals surface area contributed by atoms with Crippen molar-refractivity contribution in [2.75, 3.05) is 39.5 Å². The van der Waals surface area contributed by atoms with E-state index in [0.717, 1.165) is 5.56 Å². The van der Waals surface area contributed by atoms with E-state index in [9.17, 15) is 14.0 Å². The minimum absolute atomic E-state index is 0.0450. The summed E-state index contributed by atoms with van der Waals surface area (Å²) in [6.07, 6.45) is 1.34. The largest absolute Gasteiger partial charge is 0.371 e. The van der Waals surface area contributed by atoms with Crippen molar-refractivity contribution in [3.63, 3.8) is 0 Å². The number of nitrogens with zero attached hydrogens (tertiary/aromatic N) is 2. The van der Waals surface area contributed by atoms with E-state index in [-0.39, 0.29) is 23.8 Å². The van der Waals surface area contributed by atoms with Crippen LogP contribution in [0.5, 0.6) is 0 Å². The van der Waals surface area contributed by atoms with Crippen molar-refractivity contribution < 1.29 is 18.7 Å². The Morgan fingerprint density at radius 1 is 1.26 bits per heavy atom. The molecule has 0 saturated carbocycles. The topological polar surface area (TPSA) is 49.9 Å². The Morgan fingerprint density at radius 2 is 2.04 bits per heavy atom. The van der Waals surface area contributed by atoms with Crippen LogP contribution in [-0.4, -0.2) is 66.7 Å². The average molecular weight is 340 g/mol. The number of rotatable bonds is 3. The predicted molar refractivity (Wildman–Crippen MR) is 85.3 cm³/mol. The summed E-state index contributed by atoms with van der Waals surface area (Å²) in [5.74, 6) is -0.0887. The second-order valence-electron chi connectivity index (χ2n) is 6.09. The molecule has 2 amide bonds. The van der Waals surface area contributed by atoms with Crippen LogP contribution in [0.3, 0.4) is 0 Å². The molecule has 1 aromatic heterocycles. The number of likely N-dealkylation sites (tertiary alicyclic amines) is 1. The van der Waals surface area contributed by atoms with Crippen LogP contribution in [0.1, 0.15) is 29.6 Å². The van der Waals surface area contributed by atoms with Gasteiger partial charge in [-0.2, -0.15) is 11.3 Å². The van der Waals surface area contributed by atoms with Crippen LogP contribution in [0.25, 0.3) is 0 Å². The Hall–Kier alpha value is -1.47. The van der Waals surface area contributed by atoms with Crippen LogP contribution >= 0.6 is 11.3 Å². The van der Waals surface area contributed by atoms with E-state index < -0.39 is 6.67 Å². The summed E-state index contributed by atoms with van der Waals surface area (Å²) >= 11 is 1.51. The quantitative estimate of drug-likeness (QED) is 0.845. The molecular formula is C16H21FN2O3S. The Bertz CT molecular complexity index is 556. The molecule has 2 aliphatic rings. The smallest absolute Gasteiger partial charge is 0.254 e. The molecule has 0 radical (unpaired) electrons.